The highest BCUT2D eigenvalue weighted by Gasteiger charge is 2.54. The van der Waals surface area contributed by atoms with Crippen molar-refractivity contribution in [1.82, 2.24) is 14.7 Å². The van der Waals surface area contributed by atoms with Crippen LogP contribution < -0.4 is 4.74 Å². The van der Waals surface area contributed by atoms with Crippen LogP contribution in [-0.2, 0) is 14.9 Å². The van der Waals surface area contributed by atoms with E-state index in [2.05, 4.69) is 33.9 Å². The summed E-state index contributed by atoms with van der Waals surface area (Å²) in [6, 6.07) is 8.76. The first-order chi connectivity index (χ1) is 15.0. The molecule has 6 heteroatoms. The highest BCUT2D eigenvalue weighted by Crippen LogP contribution is 2.51. The molecule has 3 aliphatic heterocycles. The number of benzene rings is 1. The quantitative estimate of drug-likeness (QED) is 0.722. The van der Waals surface area contributed by atoms with Gasteiger partial charge in [-0.2, -0.15) is 0 Å². The average Bonchev–Trinajstić information content (AvgIpc) is 3.56. The van der Waals surface area contributed by atoms with E-state index in [9.17, 15) is 4.79 Å². The first kappa shape index (κ1) is 21.2. The molecule has 0 aromatic heterocycles. The van der Waals surface area contributed by atoms with Gasteiger partial charge in [-0.05, 0) is 62.3 Å². The molecule has 1 aromatic carbocycles. The lowest BCUT2D eigenvalue weighted by Crippen LogP contribution is -2.47. The Morgan fingerprint density at radius 2 is 1.74 bits per heavy atom. The zero-order valence-electron chi connectivity index (χ0n) is 19.1. The maximum absolute atomic E-state index is 13.5. The van der Waals surface area contributed by atoms with Gasteiger partial charge >= 0.3 is 0 Å². The molecular weight excluding hydrogens is 390 g/mol. The number of ether oxygens (including phenoxy) is 2. The van der Waals surface area contributed by atoms with Crippen molar-refractivity contribution in [3.05, 3.63) is 29.8 Å². The number of carbonyl (C=O) groups excluding carboxylic acids is 1. The Morgan fingerprint density at radius 3 is 2.35 bits per heavy atom. The summed E-state index contributed by atoms with van der Waals surface area (Å²) in [4.78, 5) is 20.8. The third kappa shape index (κ3) is 4.10. The number of likely N-dealkylation sites (N-methyl/N-ethyl adjacent to an activating group) is 1. The van der Waals surface area contributed by atoms with E-state index >= 15 is 0 Å². The molecular formula is C25H37N3O3. The van der Waals surface area contributed by atoms with Crippen LogP contribution in [0.5, 0.6) is 5.75 Å². The van der Waals surface area contributed by atoms with Crippen molar-refractivity contribution < 1.29 is 14.3 Å². The minimum Gasteiger partial charge on any atom is -0.497 e. The molecule has 170 valence electrons. The molecule has 5 rings (SSSR count). The van der Waals surface area contributed by atoms with E-state index < -0.39 is 0 Å². The van der Waals surface area contributed by atoms with Gasteiger partial charge in [0, 0.05) is 45.3 Å². The molecule has 3 saturated heterocycles. The van der Waals surface area contributed by atoms with Crippen LogP contribution in [0.25, 0.3) is 0 Å². The van der Waals surface area contributed by atoms with Gasteiger partial charge < -0.3 is 19.3 Å². The molecule has 3 heterocycles. The summed E-state index contributed by atoms with van der Waals surface area (Å²) in [5.74, 6) is 1.20. The lowest BCUT2D eigenvalue weighted by molar-refractivity contribution is -0.136. The number of morpholine rings is 1. The third-order valence-corrected chi connectivity index (χ3v) is 8.36. The number of piperidine rings is 1. The molecule has 0 N–H and O–H groups in total. The zero-order chi connectivity index (χ0) is 21.5. The first-order valence-corrected chi connectivity index (χ1v) is 12.0. The van der Waals surface area contributed by atoms with Crippen molar-refractivity contribution in [3.63, 3.8) is 0 Å². The Hall–Kier alpha value is -1.63. The van der Waals surface area contributed by atoms with Crippen LogP contribution in [0.4, 0.5) is 0 Å². The monoisotopic (exact) mass is 427 g/mol. The number of nitrogens with zero attached hydrogens (tertiary/aromatic N) is 3. The summed E-state index contributed by atoms with van der Waals surface area (Å²) >= 11 is 0. The predicted octanol–water partition coefficient (Wildman–Crippen LogP) is 2.37. The second-order valence-corrected chi connectivity index (χ2v) is 10.3. The summed E-state index contributed by atoms with van der Waals surface area (Å²) in [5.41, 5.74) is 1.27. The molecule has 1 atom stereocenters. The number of rotatable bonds is 5. The second kappa shape index (κ2) is 8.38. The summed E-state index contributed by atoms with van der Waals surface area (Å²) in [5, 5.41) is 0. The van der Waals surface area contributed by atoms with Gasteiger partial charge in [-0.25, -0.2) is 0 Å². The molecule has 4 aliphatic rings. The Bertz CT molecular complexity index is 778. The maximum atomic E-state index is 13.5. The zero-order valence-corrected chi connectivity index (χ0v) is 19.1. The fourth-order valence-corrected chi connectivity index (χ4v) is 6.17. The summed E-state index contributed by atoms with van der Waals surface area (Å²) in [6.07, 6.45) is 5.50. The highest BCUT2D eigenvalue weighted by atomic mass is 16.5. The molecule has 0 radical (unpaired) electrons. The van der Waals surface area contributed by atoms with Gasteiger partial charge in [0.1, 0.15) is 5.75 Å². The molecule has 1 unspecified atom stereocenters. The van der Waals surface area contributed by atoms with E-state index in [1.165, 1.54) is 13.0 Å². The van der Waals surface area contributed by atoms with Crippen LogP contribution >= 0.6 is 0 Å². The summed E-state index contributed by atoms with van der Waals surface area (Å²) in [7, 11) is 3.98. The molecule has 1 amide bonds. The minimum atomic E-state index is -0.276. The van der Waals surface area contributed by atoms with Crippen molar-refractivity contribution in [1.29, 1.82) is 0 Å². The van der Waals surface area contributed by atoms with Gasteiger partial charge in [0.05, 0.1) is 25.7 Å². The number of amides is 1. The van der Waals surface area contributed by atoms with Crippen molar-refractivity contribution in [2.24, 2.45) is 5.41 Å². The molecule has 0 bridgehead atoms. The second-order valence-electron chi connectivity index (χ2n) is 10.3. The third-order valence-electron chi connectivity index (χ3n) is 8.36. The van der Waals surface area contributed by atoms with Crippen molar-refractivity contribution in [3.8, 4) is 5.75 Å². The highest BCUT2D eigenvalue weighted by molar-refractivity contribution is 5.91. The number of likely N-dealkylation sites (tertiary alicyclic amines) is 2. The Morgan fingerprint density at radius 1 is 1.06 bits per heavy atom. The molecule has 1 aromatic rings. The number of methoxy groups -OCH3 is 1. The van der Waals surface area contributed by atoms with Crippen molar-refractivity contribution in [2.75, 3.05) is 66.6 Å². The number of hydrogen-bond acceptors (Lipinski definition) is 5. The van der Waals surface area contributed by atoms with Crippen molar-refractivity contribution in [2.45, 2.75) is 43.6 Å². The van der Waals surface area contributed by atoms with Gasteiger partial charge in [0.2, 0.25) is 5.91 Å². The van der Waals surface area contributed by atoms with Gasteiger partial charge in [0.25, 0.3) is 0 Å². The topological polar surface area (TPSA) is 45.3 Å². The fourth-order valence-electron chi connectivity index (χ4n) is 6.17. The van der Waals surface area contributed by atoms with E-state index in [1.54, 1.807) is 7.11 Å². The average molecular weight is 428 g/mol. The molecule has 1 spiro atoms. The fraction of sp³-hybridized carbons (Fsp3) is 0.720. The lowest BCUT2D eigenvalue weighted by atomic mass is 9.76. The van der Waals surface area contributed by atoms with Gasteiger partial charge in [-0.3, -0.25) is 9.69 Å². The van der Waals surface area contributed by atoms with Crippen molar-refractivity contribution >= 4 is 5.91 Å². The van der Waals surface area contributed by atoms with Gasteiger partial charge in [0.15, 0.2) is 0 Å². The van der Waals surface area contributed by atoms with Gasteiger partial charge in [-0.1, -0.05) is 12.1 Å². The van der Waals surface area contributed by atoms with Crippen LogP contribution in [0.15, 0.2) is 24.3 Å². The summed E-state index contributed by atoms with van der Waals surface area (Å²) in [6.45, 7) is 8.02. The lowest BCUT2D eigenvalue weighted by Gasteiger charge is -2.40. The molecule has 31 heavy (non-hydrogen) atoms. The number of hydrogen-bond donors (Lipinski definition) is 0. The van der Waals surface area contributed by atoms with E-state index in [4.69, 9.17) is 9.47 Å². The SMILES string of the molecule is COc1ccc(C2(C(=O)N3CCC4(CC3)CC(CN3CCOCC3)N(C)C4)CC2)cc1. The van der Waals surface area contributed by atoms with E-state index in [0.717, 1.165) is 82.9 Å². The molecule has 1 aliphatic carbocycles. The maximum Gasteiger partial charge on any atom is 0.233 e. The summed E-state index contributed by atoms with van der Waals surface area (Å²) < 4.78 is 10.8. The van der Waals surface area contributed by atoms with Crippen LogP contribution in [0.2, 0.25) is 0 Å². The largest absolute Gasteiger partial charge is 0.497 e. The standard InChI is InChI=1S/C25H37N3O3/c1-26-19-24(17-21(26)18-27-13-15-31-16-14-27)9-11-28(12-10-24)23(29)25(7-8-25)20-3-5-22(30-2)6-4-20/h3-6,21H,7-19H2,1-2H3. The van der Waals surface area contributed by atoms with E-state index in [0.29, 0.717) is 17.4 Å². The van der Waals surface area contributed by atoms with E-state index in [-0.39, 0.29) is 5.41 Å². The predicted molar refractivity (Wildman–Crippen MR) is 120 cm³/mol. The molecule has 1 saturated carbocycles. The molecule has 4 fully saturated rings. The minimum absolute atomic E-state index is 0.276. The first-order valence-electron chi connectivity index (χ1n) is 12.0. The number of carbonyl (C=O) groups is 1. The Balaban J connectivity index is 1.19. The van der Waals surface area contributed by atoms with Crippen LogP contribution in [0, 0.1) is 5.41 Å². The Labute approximate surface area is 186 Å². The smallest absolute Gasteiger partial charge is 0.233 e. The van der Waals surface area contributed by atoms with Crippen LogP contribution in [0.3, 0.4) is 0 Å². The Kier molecular flexibility index (Phi) is 5.74. The van der Waals surface area contributed by atoms with Crippen LogP contribution in [-0.4, -0.2) is 93.3 Å². The van der Waals surface area contributed by atoms with E-state index in [1.807, 2.05) is 12.1 Å². The molecule has 6 nitrogen and oxygen atoms in total. The van der Waals surface area contributed by atoms with Gasteiger partial charge in [-0.15, -0.1) is 0 Å². The normalized spacial score (nSPS) is 28.1. The van der Waals surface area contributed by atoms with Crippen LogP contribution in [0.1, 0.15) is 37.7 Å².